The number of nitrogens with one attached hydrogen (secondary N) is 1. The van der Waals surface area contributed by atoms with Gasteiger partial charge in [-0.25, -0.2) is 13.1 Å². The molecule has 0 saturated carbocycles. The number of carbonyl (C=O) groups excluding carboxylic acids is 2. The Balaban J connectivity index is 1.37. The van der Waals surface area contributed by atoms with Crippen molar-refractivity contribution >= 4 is 21.8 Å². The fourth-order valence-electron chi connectivity index (χ4n) is 3.73. The van der Waals surface area contributed by atoms with Crippen molar-refractivity contribution in [2.75, 3.05) is 53.6 Å². The molecule has 2 aromatic rings. The SMILES string of the molecule is CN(C)C(=O)CN1CCN(C(=O)c2cccc(S(=O)(=O)NCc3ccc4c(c3)OCO4)c2)CC1. The summed E-state index contributed by atoms with van der Waals surface area (Å²) in [5.74, 6) is 0.996. The molecule has 2 aliphatic heterocycles. The van der Waals surface area contributed by atoms with Crippen LogP contribution >= 0.6 is 0 Å². The maximum absolute atomic E-state index is 13.0. The van der Waals surface area contributed by atoms with Crippen molar-refractivity contribution in [1.82, 2.24) is 19.4 Å². The van der Waals surface area contributed by atoms with Crippen LogP contribution < -0.4 is 14.2 Å². The highest BCUT2D eigenvalue weighted by Gasteiger charge is 2.25. The minimum atomic E-state index is -3.83. The van der Waals surface area contributed by atoms with Crippen LogP contribution in [0, 0.1) is 0 Å². The van der Waals surface area contributed by atoms with Gasteiger partial charge in [-0.3, -0.25) is 14.5 Å². The smallest absolute Gasteiger partial charge is 0.253 e. The maximum atomic E-state index is 13.0. The van der Waals surface area contributed by atoms with Crippen LogP contribution in [0.2, 0.25) is 0 Å². The number of fused-ring (bicyclic) bond motifs is 1. The van der Waals surface area contributed by atoms with Crippen molar-refractivity contribution < 1.29 is 27.5 Å². The van der Waals surface area contributed by atoms with E-state index in [1.54, 1.807) is 54.2 Å². The van der Waals surface area contributed by atoms with Gasteiger partial charge in [-0.15, -0.1) is 0 Å². The molecule has 10 nitrogen and oxygen atoms in total. The summed E-state index contributed by atoms with van der Waals surface area (Å²) in [7, 11) is -0.402. The van der Waals surface area contributed by atoms with E-state index in [-0.39, 0.29) is 30.0 Å². The second kappa shape index (κ2) is 10.00. The topological polar surface area (TPSA) is 108 Å². The van der Waals surface area contributed by atoms with Crippen LogP contribution in [-0.4, -0.2) is 88.5 Å². The van der Waals surface area contributed by atoms with Gasteiger partial charge < -0.3 is 19.3 Å². The van der Waals surface area contributed by atoms with Gasteiger partial charge in [0.15, 0.2) is 11.5 Å². The molecule has 0 bridgehead atoms. The molecule has 0 aliphatic carbocycles. The van der Waals surface area contributed by atoms with Gasteiger partial charge in [-0.1, -0.05) is 12.1 Å². The molecule has 11 heteroatoms. The van der Waals surface area contributed by atoms with Gasteiger partial charge in [-0.05, 0) is 35.9 Å². The molecule has 2 aliphatic rings. The summed E-state index contributed by atoms with van der Waals surface area (Å²) < 4.78 is 38.9. The van der Waals surface area contributed by atoms with Crippen LogP contribution in [0.5, 0.6) is 11.5 Å². The first-order valence-corrected chi connectivity index (χ1v) is 12.4. The van der Waals surface area contributed by atoms with E-state index in [4.69, 9.17) is 9.47 Å². The number of piperazine rings is 1. The summed E-state index contributed by atoms with van der Waals surface area (Å²) in [5, 5.41) is 0. The molecule has 0 radical (unpaired) electrons. The number of ether oxygens (including phenoxy) is 2. The zero-order chi connectivity index (χ0) is 24.3. The Morgan fingerprint density at radius 3 is 2.47 bits per heavy atom. The van der Waals surface area contributed by atoms with Crippen molar-refractivity contribution in [3.8, 4) is 11.5 Å². The minimum Gasteiger partial charge on any atom is -0.454 e. The third-order valence-electron chi connectivity index (χ3n) is 5.81. The number of carbonyl (C=O) groups is 2. The first kappa shape index (κ1) is 24.0. The summed E-state index contributed by atoms with van der Waals surface area (Å²) in [5.41, 5.74) is 1.04. The van der Waals surface area contributed by atoms with Gasteiger partial charge in [0, 0.05) is 52.4 Å². The number of amides is 2. The molecule has 0 spiro atoms. The second-order valence-electron chi connectivity index (χ2n) is 8.40. The highest BCUT2D eigenvalue weighted by atomic mass is 32.2. The monoisotopic (exact) mass is 488 g/mol. The zero-order valence-corrected chi connectivity index (χ0v) is 20.0. The summed E-state index contributed by atoms with van der Waals surface area (Å²) in [6.45, 7) is 2.65. The molecule has 2 heterocycles. The molecule has 1 saturated heterocycles. The summed E-state index contributed by atoms with van der Waals surface area (Å²) >= 11 is 0. The van der Waals surface area contributed by atoms with Crippen molar-refractivity contribution in [1.29, 1.82) is 0 Å². The molecule has 34 heavy (non-hydrogen) atoms. The number of nitrogens with zero attached hydrogens (tertiary/aromatic N) is 3. The van der Waals surface area contributed by atoms with E-state index >= 15 is 0 Å². The van der Waals surface area contributed by atoms with Crippen LogP contribution in [0.25, 0.3) is 0 Å². The normalized spacial score (nSPS) is 15.9. The van der Waals surface area contributed by atoms with Gasteiger partial charge in [0.25, 0.3) is 5.91 Å². The first-order chi connectivity index (χ1) is 16.2. The zero-order valence-electron chi connectivity index (χ0n) is 19.2. The van der Waals surface area contributed by atoms with Crippen molar-refractivity contribution in [3.05, 3.63) is 53.6 Å². The molecule has 4 rings (SSSR count). The Morgan fingerprint density at radius 1 is 1.00 bits per heavy atom. The van der Waals surface area contributed by atoms with E-state index in [1.807, 2.05) is 4.90 Å². The molecule has 2 amide bonds. The Morgan fingerprint density at radius 2 is 1.74 bits per heavy atom. The van der Waals surface area contributed by atoms with E-state index in [9.17, 15) is 18.0 Å². The molecule has 0 unspecified atom stereocenters. The number of sulfonamides is 1. The summed E-state index contributed by atoms with van der Waals surface area (Å²) in [6, 6.07) is 11.3. The molecule has 1 N–H and O–H groups in total. The third-order valence-corrected chi connectivity index (χ3v) is 7.21. The standard InChI is InChI=1S/C23H28N4O6S/c1-25(2)22(28)15-26-8-10-27(11-9-26)23(29)18-4-3-5-19(13-18)34(30,31)24-14-17-6-7-20-21(12-17)33-16-32-20/h3-7,12-13,24H,8-11,14-16H2,1-2H3. The number of rotatable bonds is 7. The lowest BCUT2D eigenvalue weighted by Gasteiger charge is -2.34. The van der Waals surface area contributed by atoms with E-state index < -0.39 is 10.0 Å². The lowest BCUT2D eigenvalue weighted by molar-refractivity contribution is -0.130. The van der Waals surface area contributed by atoms with Gasteiger partial charge >= 0.3 is 0 Å². The number of hydrogen-bond donors (Lipinski definition) is 1. The lowest BCUT2D eigenvalue weighted by atomic mass is 10.2. The molecule has 0 atom stereocenters. The van der Waals surface area contributed by atoms with Gasteiger partial charge in [0.1, 0.15) is 0 Å². The first-order valence-electron chi connectivity index (χ1n) is 10.9. The second-order valence-corrected chi connectivity index (χ2v) is 10.2. The van der Waals surface area contributed by atoms with Crippen LogP contribution in [0.15, 0.2) is 47.4 Å². The van der Waals surface area contributed by atoms with Crippen molar-refractivity contribution in [3.63, 3.8) is 0 Å². The summed E-state index contributed by atoms with van der Waals surface area (Å²) in [4.78, 5) is 30.2. The molecule has 2 aromatic carbocycles. The molecular formula is C23H28N4O6S. The third kappa shape index (κ3) is 5.49. The van der Waals surface area contributed by atoms with Gasteiger partial charge in [0.05, 0.1) is 11.4 Å². The minimum absolute atomic E-state index is 0.0194. The van der Waals surface area contributed by atoms with Crippen LogP contribution in [-0.2, 0) is 21.4 Å². The summed E-state index contributed by atoms with van der Waals surface area (Å²) in [6.07, 6.45) is 0. The Labute approximate surface area is 199 Å². The predicted octanol–water partition coefficient (Wildman–Crippen LogP) is 0.740. The molecule has 182 valence electrons. The van der Waals surface area contributed by atoms with E-state index in [0.29, 0.717) is 49.8 Å². The fourth-order valence-corrected chi connectivity index (χ4v) is 4.80. The van der Waals surface area contributed by atoms with E-state index in [2.05, 4.69) is 4.72 Å². The Hall–Kier alpha value is -3.15. The largest absolute Gasteiger partial charge is 0.454 e. The Kier molecular flexibility index (Phi) is 7.05. The van der Waals surface area contributed by atoms with Crippen molar-refractivity contribution in [2.24, 2.45) is 0 Å². The number of likely N-dealkylation sites (N-methyl/N-ethyl adjacent to an activating group) is 1. The highest BCUT2D eigenvalue weighted by molar-refractivity contribution is 7.89. The number of benzene rings is 2. The van der Waals surface area contributed by atoms with Crippen molar-refractivity contribution in [2.45, 2.75) is 11.4 Å². The van der Waals surface area contributed by atoms with Gasteiger partial charge in [0.2, 0.25) is 22.7 Å². The van der Waals surface area contributed by atoms with Crippen LogP contribution in [0.3, 0.4) is 0 Å². The lowest BCUT2D eigenvalue weighted by Crippen LogP contribution is -2.51. The molecular weight excluding hydrogens is 460 g/mol. The number of hydrogen-bond acceptors (Lipinski definition) is 7. The highest BCUT2D eigenvalue weighted by Crippen LogP contribution is 2.32. The molecule has 0 aromatic heterocycles. The average molecular weight is 489 g/mol. The fraction of sp³-hybridized carbons (Fsp3) is 0.391. The quantitative estimate of drug-likeness (QED) is 0.612. The average Bonchev–Trinajstić information content (AvgIpc) is 3.31. The van der Waals surface area contributed by atoms with Gasteiger partial charge in [-0.2, -0.15) is 0 Å². The molecule has 1 fully saturated rings. The predicted molar refractivity (Wildman–Crippen MR) is 124 cm³/mol. The van der Waals surface area contributed by atoms with Crippen LogP contribution in [0.1, 0.15) is 15.9 Å². The van der Waals surface area contributed by atoms with E-state index in [0.717, 1.165) is 5.56 Å². The maximum Gasteiger partial charge on any atom is 0.253 e. The van der Waals surface area contributed by atoms with Crippen LogP contribution in [0.4, 0.5) is 0 Å². The van der Waals surface area contributed by atoms with E-state index in [1.165, 1.54) is 12.1 Å². The Bertz CT molecular complexity index is 1180.